The molecule has 142 valence electrons. The fraction of sp³-hybridized carbons (Fsp3) is 0.0952. The minimum atomic E-state index is -3.52. The summed E-state index contributed by atoms with van der Waals surface area (Å²) in [6.45, 7) is 0. The minimum Gasteiger partial charge on any atom is -0.322 e. The van der Waals surface area contributed by atoms with Gasteiger partial charge in [0.15, 0.2) is 0 Å². The number of nitrogens with zero attached hydrogens (tertiary/aromatic N) is 1. The lowest BCUT2D eigenvalue weighted by molar-refractivity contribution is 0.102. The van der Waals surface area contributed by atoms with Crippen LogP contribution in [0.1, 0.15) is 20.8 Å². The van der Waals surface area contributed by atoms with Crippen LogP contribution in [0.25, 0.3) is 0 Å². The minimum absolute atomic E-state index is 0.139. The van der Waals surface area contributed by atoms with E-state index in [0.29, 0.717) is 11.3 Å². The molecule has 5 nitrogen and oxygen atoms in total. The summed E-state index contributed by atoms with van der Waals surface area (Å²) >= 11 is 1.57. The van der Waals surface area contributed by atoms with Gasteiger partial charge >= 0.3 is 0 Å². The summed E-state index contributed by atoms with van der Waals surface area (Å²) in [6.07, 6.45) is 0. The van der Waals surface area contributed by atoms with E-state index >= 15 is 0 Å². The van der Waals surface area contributed by atoms with E-state index in [4.69, 9.17) is 0 Å². The number of carbonyl (C=O) groups excluding carboxylic acids is 1. The molecule has 1 aromatic heterocycles. The molecule has 3 aromatic rings. The molecular formula is C21H18N2O3S2. The van der Waals surface area contributed by atoms with Crippen LogP contribution in [0.15, 0.2) is 70.9 Å². The molecule has 0 fully saturated rings. The van der Waals surface area contributed by atoms with Crippen molar-refractivity contribution in [3.05, 3.63) is 82.0 Å². The quantitative estimate of drug-likeness (QED) is 0.668. The Kier molecular flexibility index (Phi) is 5.95. The zero-order valence-electron chi connectivity index (χ0n) is 15.3. The first kappa shape index (κ1) is 19.8. The first-order valence-electron chi connectivity index (χ1n) is 8.36. The molecular weight excluding hydrogens is 392 g/mol. The molecule has 1 heterocycles. The zero-order chi connectivity index (χ0) is 20.1. The van der Waals surface area contributed by atoms with Gasteiger partial charge in [-0.2, -0.15) is 0 Å². The predicted octanol–water partition coefficient (Wildman–Crippen LogP) is 3.65. The monoisotopic (exact) mass is 410 g/mol. The summed E-state index contributed by atoms with van der Waals surface area (Å²) in [6, 6.07) is 17.0. The van der Waals surface area contributed by atoms with E-state index < -0.39 is 10.0 Å². The Morgan fingerprint density at radius 1 is 1.00 bits per heavy atom. The Morgan fingerprint density at radius 3 is 2.39 bits per heavy atom. The molecule has 0 bridgehead atoms. The number of nitrogens with one attached hydrogen (secondary N) is 1. The average Bonchev–Trinajstić information content (AvgIpc) is 3.20. The van der Waals surface area contributed by atoms with Crippen LogP contribution in [0.5, 0.6) is 0 Å². The van der Waals surface area contributed by atoms with Crippen molar-refractivity contribution in [2.75, 3.05) is 19.4 Å². The largest absolute Gasteiger partial charge is 0.322 e. The maximum Gasteiger partial charge on any atom is 0.255 e. The number of sulfonamides is 1. The first-order chi connectivity index (χ1) is 13.4. The van der Waals surface area contributed by atoms with Crippen LogP contribution in [-0.4, -0.2) is 32.7 Å². The third-order valence-electron chi connectivity index (χ3n) is 3.87. The van der Waals surface area contributed by atoms with Gasteiger partial charge in [-0.05, 0) is 53.9 Å². The van der Waals surface area contributed by atoms with Crippen LogP contribution in [-0.2, 0) is 10.0 Å². The Bertz CT molecular complexity index is 1140. The lowest BCUT2D eigenvalue weighted by Crippen LogP contribution is -2.22. The topological polar surface area (TPSA) is 66.5 Å². The van der Waals surface area contributed by atoms with Gasteiger partial charge in [0.1, 0.15) is 0 Å². The van der Waals surface area contributed by atoms with Crippen molar-refractivity contribution < 1.29 is 13.2 Å². The van der Waals surface area contributed by atoms with Gasteiger partial charge in [-0.1, -0.05) is 24.0 Å². The van der Waals surface area contributed by atoms with Crippen molar-refractivity contribution in [2.24, 2.45) is 0 Å². The summed E-state index contributed by atoms with van der Waals surface area (Å²) in [4.78, 5) is 13.6. The molecule has 0 saturated carbocycles. The Morgan fingerprint density at radius 2 is 1.75 bits per heavy atom. The van der Waals surface area contributed by atoms with Gasteiger partial charge in [-0.15, -0.1) is 11.3 Å². The Hall–Kier alpha value is -2.92. The number of rotatable bonds is 4. The molecule has 0 saturated heterocycles. The molecule has 3 rings (SSSR count). The molecule has 0 unspecified atom stereocenters. The maximum atomic E-state index is 12.5. The summed E-state index contributed by atoms with van der Waals surface area (Å²) in [5, 5.41) is 4.78. The van der Waals surface area contributed by atoms with Crippen molar-refractivity contribution >= 4 is 33.0 Å². The van der Waals surface area contributed by atoms with Crippen LogP contribution in [0.2, 0.25) is 0 Å². The molecule has 7 heteroatoms. The fourth-order valence-electron chi connectivity index (χ4n) is 2.35. The Labute approximate surface area is 168 Å². The summed E-state index contributed by atoms with van der Waals surface area (Å²) in [5.74, 6) is 5.83. The van der Waals surface area contributed by atoms with E-state index in [1.54, 1.807) is 23.5 Å². The van der Waals surface area contributed by atoms with E-state index in [-0.39, 0.29) is 10.8 Å². The van der Waals surface area contributed by atoms with Crippen molar-refractivity contribution in [1.29, 1.82) is 0 Å². The molecule has 0 aliphatic heterocycles. The molecule has 0 radical (unpaired) electrons. The van der Waals surface area contributed by atoms with E-state index in [0.717, 1.165) is 14.7 Å². The van der Waals surface area contributed by atoms with E-state index in [1.807, 2.05) is 29.6 Å². The SMILES string of the molecule is CN(C)S(=O)(=O)c1ccc(C(=O)Nc2cccc(C#Cc3cccs3)c2)cc1. The first-order valence-corrected chi connectivity index (χ1v) is 10.7. The molecule has 1 N–H and O–H groups in total. The number of hydrogen-bond acceptors (Lipinski definition) is 4. The van der Waals surface area contributed by atoms with Crippen LogP contribution in [0.4, 0.5) is 5.69 Å². The smallest absolute Gasteiger partial charge is 0.255 e. The van der Waals surface area contributed by atoms with Crippen LogP contribution < -0.4 is 5.32 Å². The van der Waals surface area contributed by atoms with Gasteiger partial charge in [0.25, 0.3) is 5.91 Å². The van der Waals surface area contributed by atoms with Gasteiger partial charge < -0.3 is 5.32 Å². The predicted molar refractivity (Wildman–Crippen MR) is 112 cm³/mol. The number of benzene rings is 2. The maximum absolute atomic E-state index is 12.5. The van der Waals surface area contributed by atoms with E-state index in [1.165, 1.54) is 38.4 Å². The summed E-state index contributed by atoms with van der Waals surface area (Å²) < 4.78 is 25.3. The van der Waals surface area contributed by atoms with E-state index in [9.17, 15) is 13.2 Å². The van der Waals surface area contributed by atoms with Crippen LogP contribution in [0, 0.1) is 11.8 Å². The number of hydrogen-bond donors (Lipinski definition) is 1. The lowest BCUT2D eigenvalue weighted by Gasteiger charge is -2.11. The van der Waals surface area contributed by atoms with Gasteiger partial charge in [0.05, 0.1) is 9.77 Å². The highest BCUT2D eigenvalue weighted by Gasteiger charge is 2.17. The van der Waals surface area contributed by atoms with Crippen LogP contribution in [0.3, 0.4) is 0 Å². The highest BCUT2D eigenvalue weighted by atomic mass is 32.2. The molecule has 28 heavy (non-hydrogen) atoms. The van der Waals surface area contributed by atoms with Crippen molar-refractivity contribution in [3.8, 4) is 11.8 Å². The van der Waals surface area contributed by atoms with Gasteiger partial charge in [-0.25, -0.2) is 12.7 Å². The molecule has 2 aromatic carbocycles. The highest BCUT2D eigenvalue weighted by molar-refractivity contribution is 7.89. The zero-order valence-corrected chi connectivity index (χ0v) is 17.0. The van der Waals surface area contributed by atoms with Gasteiger partial charge in [-0.3, -0.25) is 4.79 Å². The number of anilines is 1. The van der Waals surface area contributed by atoms with Gasteiger partial charge in [0, 0.05) is 30.9 Å². The fourth-order valence-corrected chi connectivity index (χ4v) is 3.82. The van der Waals surface area contributed by atoms with Crippen molar-refractivity contribution in [3.63, 3.8) is 0 Å². The summed E-state index contributed by atoms with van der Waals surface area (Å²) in [5.41, 5.74) is 1.78. The second kappa shape index (κ2) is 8.40. The van der Waals surface area contributed by atoms with Crippen molar-refractivity contribution in [1.82, 2.24) is 4.31 Å². The molecule has 1 amide bonds. The standard InChI is InChI=1S/C21H18N2O3S2/c1-23(2)28(25,26)20-12-9-17(10-13-20)21(24)22-18-6-3-5-16(15-18)8-11-19-7-4-14-27-19/h3-7,9-10,12-15H,1-2H3,(H,22,24). The van der Waals surface area contributed by atoms with E-state index in [2.05, 4.69) is 17.2 Å². The highest BCUT2D eigenvalue weighted by Crippen LogP contribution is 2.16. The summed E-state index contributed by atoms with van der Waals surface area (Å²) in [7, 11) is -0.596. The third kappa shape index (κ3) is 4.67. The molecule has 0 aliphatic rings. The second-order valence-corrected chi connectivity index (χ2v) is 9.17. The number of thiophene rings is 1. The van der Waals surface area contributed by atoms with Crippen LogP contribution >= 0.6 is 11.3 Å². The number of amides is 1. The second-order valence-electron chi connectivity index (χ2n) is 6.07. The lowest BCUT2D eigenvalue weighted by atomic mass is 10.1. The average molecular weight is 411 g/mol. The Balaban J connectivity index is 1.74. The molecule has 0 atom stereocenters. The van der Waals surface area contributed by atoms with Gasteiger partial charge in [0.2, 0.25) is 10.0 Å². The molecule has 0 aliphatic carbocycles. The van der Waals surface area contributed by atoms with Crippen molar-refractivity contribution in [2.45, 2.75) is 4.90 Å². The third-order valence-corrected chi connectivity index (χ3v) is 6.48. The molecule has 0 spiro atoms. The number of carbonyl (C=O) groups is 1. The normalized spacial score (nSPS) is 11.0.